The van der Waals surface area contributed by atoms with Gasteiger partial charge in [0.05, 0.1) is 11.3 Å². The van der Waals surface area contributed by atoms with Crippen molar-refractivity contribution in [2.45, 2.75) is 19.3 Å². The molecule has 1 aromatic rings. The molecular formula is C13H11BrN2O3. The molecule has 0 atom stereocenters. The van der Waals surface area contributed by atoms with Crippen LogP contribution in [0.3, 0.4) is 0 Å². The van der Waals surface area contributed by atoms with Crippen molar-refractivity contribution in [3.05, 3.63) is 28.2 Å². The van der Waals surface area contributed by atoms with Crippen LogP contribution in [0, 0.1) is 16.7 Å². The predicted octanol–water partition coefficient (Wildman–Crippen LogP) is 2.51. The minimum Gasteiger partial charge on any atom is -0.480 e. The molecule has 1 amide bonds. The Morgan fingerprint density at radius 2 is 2.11 bits per heavy atom. The zero-order chi connectivity index (χ0) is 14.0. The SMILES string of the molecule is N#Cc1ccc(Br)cc1NC(=O)C1(C(=O)O)CCC1. The monoisotopic (exact) mass is 322 g/mol. The van der Waals surface area contributed by atoms with Crippen molar-refractivity contribution in [1.29, 1.82) is 5.26 Å². The van der Waals surface area contributed by atoms with Crippen LogP contribution in [0.25, 0.3) is 0 Å². The summed E-state index contributed by atoms with van der Waals surface area (Å²) in [6.07, 6.45) is 1.40. The average molecular weight is 323 g/mol. The summed E-state index contributed by atoms with van der Waals surface area (Å²) in [5.74, 6) is -1.66. The Kier molecular flexibility index (Phi) is 3.58. The van der Waals surface area contributed by atoms with E-state index in [1.165, 1.54) is 0 Å². The molecule has 1 saturated carbocycles. The van der Waals surface area contributed by atoms with Crippen LogP contribution in [0.5, 0.6) is 0 Å². The fourth-order valence-electron chi connectivity index (χ4n) is 2.03. The number of anilines is 1. The van der Waals surface area contributed by atoms with Crippen LogP contribution in [0.1, 0.15) is 24.8 Å². The first-order valence-electron chi connectivity index (χ1n) is 5.74. The van der Waals surface area contributed by atoms with E-state index in [2.05, 4.69) is 21.2 Å². The summed E-state index contributed by atoms with van der Waals surface area (Å²) < 4.78 is 0.708. The van der Waals surface area contributed by atoms with Gasteiger partial charge >= 0.3 is 5.97 Å². The number of hydrogen-bond donors (Lipinski definition) is 2. The van der Waals surface area contributed by atoms with E-state index in [-0.39, 0.29) is 0 Å². The van der Waals surface area contributed by atoms with Gasteiger partial charge < -0.3 is 10.4 Å². The van der Waals surface area contributed by atoms with Gasteiger partial charge in [0, 0.05) is 4.47 Å². The molecule has 0 heterocycles. The third kappa shape index (κ3) is 2.34. The number of nitrogens with zero attached hydrogens (tertiary/aromatic N) is 1. The third-order valence-corrected chi connectivity index (χ3v) is 3.89. The van der Waals surface area contributed by atoms with Gasteiger partial charge in [0.1, 0.15) is 11.5 Å². The fraction of sp³-hybridized carbons (Fsp3) is 0.308. The lowest BCUT2D eigenvalue weighted by atomic mass is 9.68. The highest BCUT2D eigenvalue weighted by Gasteiger charge is 2.51. The smallest absolute Gasteiger partial charge is 0.319 e. The van der Waals surface area contributed by atoms with Crippen molar-refractivity contribution in [3.63, 3.8) is 0 Å². The minimum atomic E-state index is -1.34. The number of nitrogens with one attached hydrogen (secondary N) is 1. The van der Waals surface area contributed by atoms with E-state index >= 15 is 0 Å². The number of amides is 1. The molecule has 1 aliphatic rings. The summed E-state index contributed by atoms with van der Waals surface area (Å²) in [6, 6.07) is 6.80. The summed E-state index contributed by atoms with van der Waals surface area (Å²) in [6.45, 7) is 0. The van der Waals surface area contributed by atoms with E-state index in [1.54, 1.807) is 18.2 Å². The van der Waals surface area contributed by atoms with Gasteiger partial charge in [-0.05, 0) is 31.0 Å². The van der Waals surface area contributed by atoms with E-state index in [0.29, 0.717) is 28.6 Å². The zero-order valence-electron chi connectivity index (χ0n) is 9.94. The van der Waals surface area contributed by atoms with Crippen LogP contribution < -0.4 is 5.32 Å². The molecule has 0 aliphatic heterocycles. The van der Waals surface area contributed by atoms with Gasteiger partial charge in [0.25, 0.3) is 0 Å². The Morgan fingerprint density at radius 3 is 2.58 bits per heavy atom. The van der Waals surface area contributed by atoms with Crippen LogP contribution in [0.15, 0.2) is 22.7 Å². The van der Waals surface area contributed by atoms with E-state index in [1.807, 2.05) is 6.07 Å². The minimum absolute atomic E-state index is 0.302. The van der Waals surface area contributed by atoms with E-state index in [4.69, 9.17) is 5.26 Å². The van der Waals surface area contributed by atoms with Crippen molar-refractivity contribution in [2.75, 3.05) is 5.32 Å². The number of rotatable bonds is 3. The lowest BCUT2D eigenvalue weighted by Crippen LogP contribution is -2.48. The van der Waals surface area contributed by atoms with E-state index in [9.17, 15) is 14.7 Å². The molecule has 0 radical (unpaired) electrons. The first kappa shape index (κ1) is 13.6. The summed E-state index contributed by atoms with van der Waals surface area (Å²) in [7, 11) is 0. The first-order valence-corrected chi connectivity index (χ1v) is 6.53. The number of aliphatic carboxylic acids is 1. The summed E-state index contributed by atoms with van der Waals surface area (Å²) in [5.41, 5.74) is -0.708. The summed E-state index contributed by atoms with van der Waals surface area (Å²) in [5, 5.41) is 20.7. The van der Waals surface area contributed by atoms with Gasteiger partial charge in [0.15, 0.2) is 0 Å². The number of benzene rings is 1. The average Bonchev–Trinajstić information content (AvgIpc) is 2.27. The maximum absolute atomic E-state index is 12.1. The largest absolute Gasteiger partial charge is 0.480 e. The molecule has 0 unspecified atom stereocenters. The zero-order valence-corrected chi connectivity index (χ0v) is 11.5. The molecule has 1 aromatic carbocycles. The second kappa shape index (κ2) is 5.02. The van der Waals surface area contributed by atoms with Crippen molar-refractivity contribution >= 4 is 33.5 Å². The predicted molar refractivity (Wildman–Crippen MR) is 71.4 cm³/mol. The summed E-state index contributed by atoms with van der Waals surface area (Å²) >= 11 is 3.25. The molecule has 0 saturated heterocycles. The normalized spacial score (nSPS) is 16.0. The quantitative estimate of drug-likeness (QED) is 0.836. The van der Waals surface area contributed by atoms with Gasteiger partial charge in [-0.25, -0.2) is 0 Å². The number of carboxylic acid groups (broad SMARTS) is 1. The van der Waals surface area contributed by atoms with Crippen LogP contribution in [-0.4, -0.2) is 17.0 Å². The molecular weight excluding hydrogens is 312 g/mol. The molecule has 2 N–H and O–H groups in total. The standard InChI is InChI=1S/C13H11BrN2O3/c14-9-3-2-8(7-15)10(6-9)16-11(17)13(12(18)19)4-1-5-13/h2-3,6H,1,4-5H2,(H,16,17)(H,18,19). The van der Waals surface area contributed by atoms with Crippen LogP contribution in [0.2, 0.25) is 0 Å². The van der Waals surface area contributed by atoms with Crippen molar-refractivity contribution in [1.82, 2.24) is 0 Å². The lowest BCUT2D eigenvalue weighted by molar-refractivity contribution is -0.159. The molecule has 98 valence electrons. The molecule has 5 nitrogen and oxygen atoms in total. The number of nitriles is 1. The highest BCUT2D eigenvalue weighted by molar-refractivity contribution is 9.10. The second-order valence-electron chi connectivity index (χ2n) is 4.50. The lowest BCUT2D eigenvalue weighted by Gasteiger charge is -2.35. The van der Waals surface area contributed by atoms with Crippen molar-refractivity contribution in [3.8, 4) is 6.07 Å². The van der Waals surface area contributed by atoms with Gasteiger partial charge in [0.2, 0.25) is 5.91 Å². The number of carboxylic acids is 1. The maximum Gasteiger partial charge on any atom is 0.319 e. The Balaban J connectivity index is 2.27. The molecule has 6 heteroatoms. The van der Waals surface area contributed by atoms with Gasteiger partial charge in [-0.1, -0.05) is 22.4 Å². The van der Waals surface area contributed by atoms with Gasteiger partial charge in [-0.15, -0.1) is 0 Å². The fourth-order valence-corrected chi connectivity index (χ4v) is 2.39. The second-order valence-corrected chi connectivity index (χ2v) is 5.41. The highest BCUT2D eigenvalue weighted by atomic mass is 79.9. The molecule has 1 aliphatic carbocycles. The van der Waals surface area contributed by atoms with Gasteiger partial charge in [-0.3, -0.25) is 9.59 Å². The highest BCUT2D eigenvalue weighted by Crippen LogP contribution is 2.42. The third-order valence-electron chi connectivity index (χ3n) is 3.40. The molecule has 0 aromatic heterocycles. The topological polar surface area (TPSA) is 90.2 Å². The first-order chi connectivity index (χ1) is 8.99. The number of carbonyl (C=O) groups excluding carboxylic acids is 1. The number of hydrogen-bond acceptors (Lipinski definition) is 3. The Bertz CT molecular complexity index is 588. The summed E-state index contributed by atoms with van der Waals surface area (Å²) in [4.78, 5) is 23.3. The molecule has 2 rings (SSSR count). The van der Waals surface area contributed by atoms with Crippen molar-refractivity contribution < 1.29 is 14.7 Å². The van der Waals surface area contributed by atoms with Crippen LogP contribution in [0.4, 0.5) is 5.69 Å². The Morgan fingerprint density at radius 1 is 1.42 bits per heavy atom. The molecule has 0 spiro atoms. The maximum atomic E-state index is 12.1. The Labute approximate surface area is 118 Å². The Hall–Kier alpha value is -1.87. The van der Waals surface area contributed by atoms with Crippen LogP contribution in [-0.2, 0) is 9.59 Å². The van der Waals surface area contributed by atoms with Gasteiger partial charge in [-0.2, -0.15) is 5.26 Å². The van der Waals surface area contributed by atoms with Crippen LogP contribution >= 0.6 is 15.9 Å². The molecule has 19 heavy (non-hydrogen) atoms. The molecule has 1 fully saturated rings. The van der Waals surface area contributed by atoms with Crippen molar-refractivity contribution in [2.24, 2.45) is 5.41 Å². The number of carbonyl (C=O) groups is 2. The van der Waals surface area contributed by atoms with E-state index < -0.39 is 17.3 Å². The molecule has 0 bridgehead atoms. The van der Waals surface area contributed by atoms with E-state index in [0.717, 1.165) is 6.42 Å². The number of halogens is 1.